The molecule has 0 saturated heterocycles. The van der Waals surface area contributed by atoms with E-state index in [1.165, 1.54) is 12.1 Å². The Morgan fingerprint density at radius 1 is 1.21 bits per heavy atom. The van der Waals surface area contributed by atoms with Gasteiger partial charge in [-0.1, -0.05) is 27.3 Å². The lowest BCUT2D eigenvalue weighted by atomic mass is 10.2. The van der Waals surface area contributed by atoms with Crippen LogP contribution in [-0.2, 0) is 6.18 Å². The Bertz CT molecular complexity index is 597. The first-order valence-electron chi connectivity index (χ1n) is 4.84. The van der Waals surface area contributed by atoms with Crippen LogP contribution in [0.15, 0.2) is 28.7 Å². The number of amides is 1. The van der Waals surface area contributed by atoms with E-state index in [0.717, 1.165) is 4.47 Å². The van der Waals surface area contributed by atoms with E-state index in [4.69, 9.17) is 0 Å². The highest BCUT2D eigenvalue weighted by molar-refractivity contribution is 9.10. The van der Waals surface area contributed by atoms with Gasteiger partial charge in [-0.05, 0) is 24.3 Å². The monoisotopic (exact) mass is 351 g/mol. The Kier molecular flexibility index (Phi) is 3.85. The van der Waals surface area contributed by atoms with Gasteiger partial charge in [-0.15, -0.1) is 10.2 Å². The van der Waals surface area contributed by atoms with Gasteiger partial charge in [0.1, 0.15) is 0 Å². The van der Waals surface area contributed by atoms with Crippen molar-refractivity contribution < 1.29 is 18.0 Å². The first kappa shape index (κ1) is 13.9. The van der Waals surface area contributed by atoms with E-state index in [1.54, 1.807) is 12.1 Å². The van der Waals surface area contributed by atoms with Gasteiger partial charge >= 0.3 is 6.18 Å². The van der Waals surface area contributed by atoms with Gasteiger partial charge < -0.3 is 0 Å². The van der Waals surface area contributed by atoms with E-state index < -0.39 is 17.1 Å². The van der Waals surface area contributed by atoms with Crippen LogP contribution in [0.1, 0.15) is 15.4 Å². The molecule has 0 aliphatic rings. The zero-order valence-electron chi connectivity index (χ0n) is 9.03. The minimum absolute atomic E-state index is 0.194. The molecule has 0 fully saturated rings. The summed E-state index contributed by atoms with van der Waals surface area (Å²) in [6.07, 6.45) is -4.56. The lowest BCUT2D eigenvalue weighted by Crippen LogP contribution is -2.11. The molecule has 0 spiro atoms. The van der Waals surface area contributed by atoms with Crippen LogP contribution in [-0.4, -0.2) is 16.1 Å². The zero-order valence-corrected chi connectivity index (χ0v) is 11.4. The van der Waals surface area contributed by atoms with Gasteiger partial charge in [-0.3, -0.25) is 10.1 Å². The first-order valence-corrected chi connectivity index (χ1v) is 6.45. The second-order valence-electron chi connectivity index (χ2n) is 3.37. The number of nitrogens with one attached hydrogen (secondary N) is 1. The first-order chi connectivity index (χ1) is 8.86. The number of hydrogen-bond donors (Lipinski definition) is 1. The number of carbonyl (C=O) groups is 1. The van der Waals surface area contributed by atoms with E-state index in [-0.39, 0.29) is 16.5 Å². The Morgan fingerprint density at radius 3 is 2.37 bits per heavy atom. The van der Waals surface area contributed by atoms with Gasteiger partial charge in [0.2, 0.25) is 10.1 Å². The molecular formula is C10H5BrF3N3OS. The van der Waals surface area contributed by atoms with Gasteiger partial charge in [-0.2, -0.15) is 13.2 Å². The second kappa shape index (κ2) is 5.25. The number of carbonyl (C=O) groups excluding carboxylic acids is 1. The molecule has 2 aromatic rings. The Morgan fingerprint density at radius 2 is 1.84 bits per heavy atom. The number of aromatic nitrogens is 2. The third-order valence-electron chi connectivity index (χ3n) is 1.99. The fourth-order valence-corrected chi connectivity index (χ4v) is 2.03. The van der Waals surface area contributed by atoms with Crippen LogP contribution in [0.4, 0.5) is 18.3 Å². The van der Waals surface area contributed by atoms with E-state index >= 15 is 0 Å². The van der Waals surface area contributed by atoms with Crippen LogP contribution < -0.4 is 5.32 Å². The maximum Gasteiger partial charge on any atom is 0.445 e. The van der Waals surface area contributed by atoms with Gasteiger partial charge in [-0.25, -0.2) is 0 Å². The zero-order chi connectivity index (χ0) is 14.0. The maximum absolute atomic E-state index is 12.3. The van der Waals surface area contributed by atoms with Crippen LogP contribution in [0.25, 0.3) is 0 Å². The van der Waals surface area contributed by atoms with E-state index in [0.29, 0.717) is 5.56 Å². The molecule has 0 unspecified atom stereocenters. The van der Waals surface area contributed by atoms with Crippen molar-refractivity contribution in [1.29, 1.82) is 0 Å². The van der Waals surface area contributed by atoms with Gasteiger partial charge in [0.15, 0.2) is 0 Å². The van der Waals surface area contributed by atoms with Gasteiger partial charge in [0, 0.05) is 10.0 Å². The molecule has 1 amide bonds. The summed E-state index contributed by atoms with van der Waals surface area (Å²) in [5.74, 6) is -0.544. The summed E-state index contributed by atoms with van der Waals surface area (Å²) in [7, 11) is 0. The summed E-state index contributed by atoms with van der Waals surface area (Å²) in [6.45, 7) is 0. The van der Waals surface area contributed by atoms with Crippen molar-refractivity contribution >= 4 is 38.3 Å². The molecule has 4 nitrogen and oxygen atoms in total. The summed E-state index contributed by atoms with van der Waals surface area (Å²) < 4.78 is 37.7. The number of alkyl halides is 3. The fourth-order valence-electron chi connectivity index (χ4n) is 1.16. The SMILES string of the molecule is O=C(Nc1nnc(C(F)(F)F)s1)c1ccc(Br)cc1. The molecule has 1 aromatic carbocycles. The normalized spacial score (nSPS) is 11.4. The number of halogens is 4. The Labute approximate surface area is 117 Å². The third kappa shape index (κ3) is 3.51. The molecule has 0 atom stereocenters. The van der Waals surface area contributed by atoms with Crippen molar-refractivity contribution in [2.24, 2.45) is 0 Å². The van der Waals surface area contributed by atoms with Crippen molar-refractivity contribution in [2.75, 3.05) is 5.32 Å². The molecule has 100 valence electrons. The highest BCUT2D eigenvalue weighted by Gasteiger charge is 2.35. The minimum Gasteiger partial charge on any atom is -0.296 e. The predicted molar refractivity (Wildman–Crippen MR) is 67.0 cm³/mol. The van der Waals surface area contributed by atoms with Crippen LogP contribution in [0.5, 0.6) is 0 Å². The number of hydrogen-bond acceptors (Lipinski definition) is 4. The van der Waals surface area contributed by atoms with E-state index in [1.807, 2.05) is 0 Å². The summed E-state index contributed by atoms with van der Waals surface area (Å²) in [4.78, 5) is 11.7. The largest absolute Gasteiger partial charge is 0.445 e. The number of nitrogens with zero attached hydrogens (tertiary/aromatic N) is 2. The molecule has 0 saturated carbocycles. The topological polar surface area (TPSA) is 54.9 Å². The summed E-state index contributed by atoms with van der Waals surface area (Å²) >= 11 is 3.49. The minimum atomic E-state index is -4.56. The highest BCUT2D eigenvalue weighted by atomic mass is 79.9. The van der Waals surface area contributed by atoms with Crippen LogP contribution >= 0.6 is 27.3 Å². The van der Waals surface area contributed by atoms with Crippen LogP contribution in [0.2, 0.25) is 0 Å². The number of benzene rings is 1. The van der Waals surface area contributed by atoms with Crippen molar-refractivity contribution in [3.63, 3.8) is 0 Å². The molecule has 19 heavy (non-hydrogen) atoms. The maximum atomic E-state index is 12.3. The molecule has 9 heteroatoms. The lowest BCUT2D eigenvalue weighted by Gasteiger charge is -2.01. The third-order valence-corrected chi connectivity index (χ3v) is 3.41. The molecular weight excluding hydrogens is 347 g/mol. The van der Waals surface area contributed by atoms with Crippen LogP contribution in [0, 0.1) is 0 Å². The molecule has 0 aliphatic heterocycles. The smallest absolute Gasteiger partial charge is 0.296 e. The van der Waals surface area contributed by atoms with Crippen molar-refractivity contribution in [3.05, 3.63) is 39.3 Å². The Balaban J connectivity index is 2.11. The molecule has 0 bridgehead atoms. The standard InChI is InChI=1S/C10H5BrF3N3OS/c11-6-3-1-5(2-4-6)7(18)15-9-17-16-8(19-9)10(12,13)14/h1-4H,(H,15,17,18). The lowest BCUT2D eigenvalue weighted by molar-refractivity contribution is -0.138. The Hall–Kier alpha value is -1.48. The second-order valence-corrected chi connectivity index (χ2v) is 5.26. The fraction of sp³-hybridized carbons (Fsp3) is 0.100. The average molecular weight is 352 g/mol. The molecule has 1 heterocycles. The van der Waals surface area contributed by atoms with Gasteiger partial charge in [0.05, 0.1) is 0 Å². The molecule has 0 radical (unpaired) electrons. The van der Waals surface area contributed by atoms with Crippen molar-refractivity contribution in [3.8, 4) is 0 Å². The predicted octanol–water partition coefficient (Wildman–Crippen LogP) is 3.57. The van der Waals surface area contributed by atoms with Crippen molar-refractivity contribution in [1.82, 2.24) is 10.2 Å². The number of anilines is 1. The molecule has 1 N–H and O–H groups in total. The molecule has 0 aliphatic carbocycles. The van der Waals surface area contributed by atoms with Gasteiger partial charge in [0.25, 0.3) is 5.91 Å². The van der Waals surface area contributed by atoms with E-state index in [2.05, 4.69) is 31.4 Å². The molecule has 1 aromatic heterocycles. The average Bonchev–Trinajstić information content (AvgIpc) is 2.78. The molecule has 2 rings (SSSR count). The van der Waals surface area contributed by atoms with Crippen molar-refractivity contribution in [2.45, 2.75) is 6.18 Å². The summed E-state index contributed by atoms with van der Waals surface area (Å²) in [6, 6.07) is 6.36. The van der Waals surface area contributed by atoms with E-state index in [9.17, 15) is 18.0 Å². The number of rotatable bonds is 2. The summed E-state index contributed by atoms with van der Waals surface area (Å²) in [5.41, 5.74) is 0.312. The highest BCUT2D eigenvalue weighted by Crippen LogP contribution is 2.33. The quantitative estimate of drug-likeness (QED) is 0.899. The summed E-state index contributed by atoms with van der Waals surface area (Å²) in [5, 5.41) is 7.21. The van der Waals surface area contributed by atoms with Crippen LogP contribution in [0.3, 0.4) is 0 Å².